The van der Waals surface area contributed by atoms with Crippen LogP contribution in [0.25, 0.3) is 0 Å². The second kappa shape index (κ2) is 7.94. The summed E-state index contributed by atoms with van der Waals surface area (Å²) in [7, 11) is 1.76. The van der Waals surface area contributed by atoms with E-state index in [0.717, 1.165) is 0 Å². The number of carbonyl (C=O) groups excluding carboxylic acids is 1. The number of nitrogens with one attached hydrogen (secondary N) is 2. The van der Waals surface area contributed by atoms with Gasteiger partial charge in [0.15, 0.2) is 0 Å². The molecule has 0 aromatic carbocycles. The first-order valence-electron chi connectivity index (χ1n) is 6.36. The summed E-state index contributed by atoms with van der Waals surface area (Å²) in [6.07, 6.45) is -3.01. The highest BCUT2D eigenvalue weighted by molar-refractivity contribution is 5.85. The normalized spacial score (nSPS) is 25.3. The summed E-state index contributed by atoms with van der Waals surface area (Å²) in [5.74, 6) is -1.43. The lowest BCUT2D eigenvalue weighted by atomic mass is 9.85. The molecule has 1 atom stereocenters. The molecule has 0 heterocycles. The van der Waals surface area contributed by atoms with Crippen molar-refractivity contribution in [3.8, 4) is 0 Å². The molecule has 2 N–H and O–H groups in total. The van der Waals surface area contributed by atoms with Gasteiger partial charge >= 0.3 is 6.18 Å². The van der Waals surface area contributed by atoms with Gasteiger partial charge in [-0.3, -0.25) is 4.79 Å². The lowest BCUT2D eigenvalue weighted by molar-refractivity contribution is -0.182. The van der Waals surface area contributed by atoms with Crippen molar-refractivity contribution in [2.24, 2.45) is 11.8 Å². The molecule has 0 aliphatic heterocycles. The molecule has 1 saturated carbocycles. The third kappa shape index (κ3) is 5.99. The summed E-state index contributed by atoms with van der Waals surface area (Å²) >= 11 is 0. The van der Waals surface area contributed by atoms with Crippen molar-refractivity contribution in [3.05, 3.63) is 0 Å². The van der Waals surface area contributed by atoms with Gasteiger partial charge in [0.25, 0.3) is 0 Å². The van der Waals surface area contributed by atoms with Crippen LogP contribution in [-0.2, 0) is 4.79 Å². The van der Waals surface area contributed by atoms with Crippen LogP contribution in [0.4, 0.5) is 13.2 Å². The summed E-state index contributed by atoms with van der Waals surface area (Å²) in [5, 5.41) is 5.73. The van der Waals surface area contributed by atoms with Crippen molar-refractivity contribution in [3.63, 3.8) is 0 Å². The molecule has 1 amide bonds. The van der Waals surface area contributed by atoms with Gasteiger partial charge in [0, 0.05) is 18.5 Å². The van der Waals surface area contributed by atoms with E-state index in [-0.39, 0.29) is 43.1 Å². The number of rotatable bonds is 4. The van der Waals surface area contributed by atoms with Gasteiger partial charge < -0.3 is 10.6 Å². The zero-order valence-electron chi connectivity index (χ0n) is 11.2. The van der Waals surface area contributed by atoms with Crippen molar-refractivity contribution in [2.75, 3.05) is 13.6 Å². The zero-order chi connectivity index (χ0) is 13.8. The molecule has 0 aromatic rings. The van der Waals surface area contributed by atoms with Crippen LogP contribution in [0.1, 0.15) is 32.6 Å². The lowest BCUT2D eigenvalue weighted by Gasteiger charge is -2.30. The van der Waals surface area contributed by atoms with Crippen LogP contribution in [0.15, 0.2) is 0 Å². The van der Waals surface area contributed by atoms with Crippen molar-refractivity contribution in [2.45, 2.75) is 44.8 Å². The molecule has 7 heteroatoms. The summed E-state index contributed by atoms with van der Waals surface area (Å²) in [6, 6.07) is -0.101. The Hall–Kier alpha value is -0.490. The number of carbonyl (C=O) groups is 1. The molecular weight excluding hydrogens is 281 g/mol. The fourth-order valence-corrected chi connectivity index (χ4v) is 2.31. The highest BCUT2D eigenvalue weighted by atomic mass is 35.5. The SMILES string of the molecule is CNCC(C)C(=O)NC1CCC(C(F)(F)F)CC1.Cl. The molecule has 114 valence electrons. The Balaban J connectivity index is 0.00000324. The maximum absolute atomic E-state index is 12.5. The first-order chi connectivity index (χ1) is 8.34. The van der Waals surface area contributed by atoms with Crippen LogP contribution in [0, 0.1) is 11.8 Å². The molecule has 19 heavy (non-hydrogen) atoms. The van der Waals surface area contributed by atoms with E-state index in [1.807, 2.05) is 0 Å². The van der Waals surface area contributed by atoms with E-state index < -0.39 is 12.1 Å². The lowest BCUT2D eigenvalue weighted by Crippen LogP contribution is -2.43. The van der Waals surface area contributed by atoms with Gasteiger partial charge in [0.2, 0.25) is 5.91 Å². The number of amides is 1. The van der Waals surface area contributed by atoms with E-state index in [9.17, 15) is 18.0 Å². The number of alkyl halides is 3. The maximum atomic E-state index is 12.5. The summed E-state index contributed by atoms with van der Waals surface area (Å²) in [5.41, 5.74) is 0. The van der Waals surface area contributed by atoms with Crippen molar-refractivity contribution in [1.82, 2.24) is 10.6 Å². The largest absolute Gasteiger partial charge is 0.391 e. The van der Waals surface area contributed by atoms with E-state index >= 15 is 0 Å². The molecule has 0 bridgehead atoms. The van der Waals surface area contributed by atoms with E-state index in [2.05, 4.69) is 10.6 Å². The van der Waals surface area contributed by atoms with Gasteiger partial charge in [-0.05, 0) is 32.7 Å². The minimum atomic E-state index is -4.09. The molecule has 1 rings (SSSR count). The second-order valence-corrected chi connectivity index (χ2v) is 5.06. The topological polar surface area (TPSA) is 41.1 Å². The van der Waals surface area contributed by atoms with Crippen LogP contribution in [0.3, 0.4) is 0 Å². The van der Waals surface area contributed by atoms with Gasteiger partial charge in [-0.2, -0.15) is 13.2 Å². The highest BCUT2D eigenvalue weighted by Crippen LogP contribution is 2.37. The van der Waals surface area contributed by atoms with Crippen molar-refractivity contribution >= 4 is 18.3 Å². The van der Waals surface area contributed by atoms with Gasteiger partial charge in [-0.25, -0.2) is 0 Å². The first kappa shape index (κ1) is 18.5. The van der Waals surface area contributed by atoms with Crippen LogP contribution in [0.2, 0.25) is 0 Å². The van der Waals surface area contributed by atoms with Gasteiger partial charge in [0.05, 0.1) is 5.92 Å². The van der Waals surface area contributed by atoms with Gasteiger partial charge in [0.1, 0.15) is 0 Å². The average molecular weight is 303 g/mol. The highest BCUT2D eigenvalue weighted by Gasteiger charge is 2.41. The fraction of sp³-hybridized carbons (Fsp3) is 0.917. The number of hydrogen-bond donors (Lipinski definition) is 2. The number of halogens is 4. The molecule has 3 nitrogen and oxygen atoms in total. The Labute approximate surface area is 118 Å². The molecule has 1 fully saturated rings. The Morgan fingerprint density at radius 3 is 2.21 bits per heavy atom. The Kier molecular flexibility index (Phi) is 7.74. The van der Waals surface area contributed by atoms with Crippen molar-refractivity contribution < 1.29 is 18.0 Å². The molecule has 0 spiro atoms. The zero-order valence-corrected chi connectivity index (χ0v) is 12.0. The quantitative estimate of drug-likeness (QED) is 0.838. The van der Waals surface area contributed by atoms with Gasteiger partial charge in [-0.15, -0.1) is 12.4 Å². The summed E-state index contributed by atoms with van der Waals surface area (Å²) < 4.78 is 37.4. The standard InChI is InChI=1S/C12H21F3N2O.ClH/c1-8(7-16-2)11(18)17-10-5-3-9(4-6-10)12(13,14)15;/h8-10,16H,3-7H2,1-2H3,(H,17,18);1H. The molecule has 0 radical (unpaired) electrons. The van der Waals surface area contributed by atoms with Crippen LogP contribution in [0.5, 0.6) is 0 Å². The Morgan fingerprint density at radius 1 is 1.26 bits per heavy atom. The molecule has 1 aliphatic carbocycles. The molecular formula is C12H22ClF3N2O. The van der Waals surface area contributed by atoms with E-state index in [0.29, 0.717) is 19.4 Å². The predicted octanol–water partition coefficient (Wildman–Crippen LogP) is 2.50. The smallest absolute Gasteiger partial charge is 0.353 e. The molecule has 0 saturated heterocycles. The second-order valence-electron chi connectivity index (χ2n) is 5.06. The third-order valence-corrected chi connectivity index (χ3v) is 3.49. The Morgan fingerprint density at radius 2 is 1.79 bits per heavy atom. The minimum Gasteiger partial charge on any atom is -0.353 e. The number of hydrogen-bond acceptors (Lipinski definition) is 2. The van der Waals surface area contributed by atoms with Crippen LogP contribution >= 0.6 is 12.4 Å². The first-order valence-corrected chi connectivity index (χ1v) is 6.36. The third-order valence-electron chi connectivity index (χ3n) is 3.49. The van der Waals surface area contributed by atoms with E-state index in [4.69, 9.17) is 0 Å². The average Bonchev–Trinajstić information content (AvgIpc) is 2.28. The van der Waals surface area contributed by atoms with Crippen LogP contribution in [-0.4, -0.2) is 31.7 Å². The molecule has 1 unspecified atom stereocenters. The summed E-state index contributed by atoms with van der Waals surface area (Å²) in [4.78, 5) is 11.7. The van der Waals surface area contributed by atoms with E-state index in [1.165, 1.54) is 0 Å². The minimum absolute atomic E-state index is 0. The Bertz CT molecular complexity index is 279. The fourth-order valence-electron chi connectivity index (χ4n) is 2.31. The van der Waals surface area contributed by atoms with Crippen LogP contribution < -0.4 is 10.6 Å². The van der Waals surface area contributed by atoms with Gasteiger partial charge in [-0.1, -0.05) is 6.92 Å². The van der Waals surface area contributed by atoms with Crippen molar-refractivity contribution in [1.29, 1.82) is 0 Å². The van der Waals surface area contributed by atoms with E-state index in [1.54, 1.807) is 14.0 Å². The molecule has 0 aromatic heterocycles. The molecule has 1 aliphatic rings. The maximum Gasteiger partial charge on any atom is 0.391 e. The summed E-state index contributed by atoms with van der Waals surface area (Å²) in [6.45, 7) is 2.37. The predicted molar refractivity (Wildman–Crippen MR) is 70.3 cm³/mol. The monoisotopic (exact) mass is 302 g/mol.